The highest BCUT2D eigenvalue weighted by atomic mass is 35.5. The van der Waals surface area contributed by atoms with Gasteiger partial charge >= 0.3 is 12.1 Å². The molecule has 42 heavy (non-hydrogen) atoms. The molecule has 0 unspecified atom stereocenters. The van der Waals surface area contributed by atoms with Crippen LogP contribution in [0.3, 0.4) is 0 Å². The Labute approximate surface area is 258 Å². The molecule has 3 radical (unpaired) electrons. The molecule has 8 nitrogen and oxygen atoms in total. The molecule has 0 aromatic heterocycles. The quantitative estimate of drug-likeness (QED) is 0.306. The molecule has 1 amide bonds. The number of hydrogen-bond donors (Lipinski definition) is 1. The van der Waals surface area contributed by atoms with Crippen molar-refractivity contribution in [3.63, 3.8) is 0 Å². The van der Waals surface area contributed by atoms with Crippen molar-refractivity contribution < 1.29 is 23.8 Å². The number of esters is 1. The largest absolute Gasteiger partial charge is 0.488 e. The summed E-state index contributed by atoms with van der Waals surface area (Å²) in [6.45, 7) is 5.57. The second-order valence-electron chi connectivity index (χ2n) is 12.6. The molecule has 1 saturated carbocycles. The summed E-state index contributed by atoms with van der Waals surface area (Å²) in [4.78, 5) is 28.9. The van der Waals surface area contributed by atoms with Gasteiger partial charge in [0.05, 0.1) is 13.7 Å². The highest BCUT2D eigenvalue weighted by Gasteiger charge is 2.44. The maximum Gasteiger partial charge on any atom is 0.411 e. The minimum absolute atomic E-state index is 0.0150. The molecule has 1 aliphatic heterocycles. The van der Waals surface area contributed by atoms with E-state index in [-0.39, 0.29) is 23.7 Å². The minimum atomic E-state index is -0.779. The van der Waals surface area contributed by atoms with Gasteiger partial charge in [0.2, 0.25) is 0 Å². The number of ether oxygens (including phenoxy) is 3. The Morgan fingerprint density at radius 2 is 1.79 bits per heavy atom. The highest BCUT2D eigenvalue weighted by molar-refractivity contribution is 6.31. The van der Waals surface area contributed by atoms with E-state index in [0.29, 0.717) is 17.2 Å². The smallest absolute Gasteiger partial charge is 0.411 e. The molecule has 2 aliphatic rings. The summed E-state index contributed by atoms with van der Waals surface area (Å²) in [5.41, 5.74) is 1.78. The fraction of sp³-hybridized carbons (Fsp3) is 0.562. The molecule has 0 bridgehead atoms. The van der Waals surface area contributed by atoms with Gasteiger partial charge in [-0.1, -0.05) is 41.9 Å². The zero-order chi connectivity index (χ0) is 30.7. The van der Waals surface area contributed by atoms with Gasteiger partial charge in [0.25, 0.3) is 0 Å². The Bertz CT molecular complexity index is 1230. The number of likely N-dealkylation sites (N-methyl/N-ethyl adjacent to an activating group) is 1. The first-order chi connectivity index (χ1) is 19.8. The van der Waals surface area contributed by atoms with E-state index in [0.717, 1.165) is 31.4 Å². The number of rotatable bonds is 8. The van der Waals surface area contributed by atoms with Crippen LogP contribution in [0.5, 0.6) is 5.75 Å². The number of carbonyl (C=O) groups is 2. The molecule has 2 aromatic carbocycles. The van der Waals surface area contributed by atoms with Crippen LogP contribution in [0.4, 0.5) is 10.5 Å². The summed E-state index contributed by atoms with van der Waals surface area (Å²) >= 11 is 6.52. The van der Waals surface area contributed by atoms with Gasteiger partial charge in [-0.05, 0) is 78.2 Å². The third-order valence-corrected chi connectivity index (χ3v) is 9.46. The van der Waals surface area contributed by atoms with Crippen LogP contribution in [0.2, 0.25) is 5.02 Å². The lowest BCUT2D eigenvalue weighted by atomic mass is 9.67. The van der Waals surface area contributed by atoms with Crippen molar-refractivity contribution in [1.82, 2.24) is 9.80 Å². The van der Waals surface area contributed by atoms with Gasteiger partial charge in [0, 0.05) is 50.6 Å². The summed E-state index contributed by atoms with van der Waals surface area (Å²) in [5.74, 6) is 0.0797. The Hall–Kier alpha value is -2.75. The average Bonchev–Trinajstić information content (AvgIpc) is 3.36. The second-order valence-corrected chi connectivity index (χ2v) is 13.6. The number of benzene rings is 2. The Morgan fingerprint density at radius 3 is 2.38 bits per heavy atom. The lowest BCUT2D eigenvalue weighted by Gasteiger charge is -2.47. The van der Waals surface area contributed by atoms with E-state index in [1.54, 1.807) is 26.8 Å². The van der Waals surface area contributed by atoms with Crippen molar-refractivity contribution in [2.24, 2.45) is 0 Å². The predicted octanol–water partition coefficient (Wildman–Crippen LogP) is 5.62. The molecule has 2 aromatic rings. The standard InChI is InChI=1S/C32H43ClN3O5Si/c1-31(2,3)41-30(38)36-20-26(19-27(36)28(37)39-6)40-25-17-22(33)16-24(18-25)34-23-12-14-32(15-13-23,29(42)35(4)5)21-10-8-7-9-11-21/h7-11,16-18,23,26-27,29,34H,12-15,19-20H2,1-6H3/t23?,26-,27-,29+,32?/m0/s1. The van der Waals surface area contributed by atoms with Crippen molar-refractivity contribution in [3.8, 4) is 5.75 Å². The summed E-state index contributed by atoms with van der Waals surface area (Å²) in [7, 11) is 9.61. The molecule has 1 N–H and O–H groups in total. The molecule has 0 spiro atoms. The van der Waals surface area contributed by atoms with E-state index in [4.69, 9.17) is 25.8 Å². The van der Waals surface area contributed by atoms with Crippen LogP contribution < -0.4 is 10.1 Å². The molecule has 1 saturated heterocycles. The van der Waals surface area contributed by atoms with Crippen LogP contribution >= 0.6 is 11.6 Å². The Kier molecular flexibility index (Phi) is 10.2. The minimum Gasteiger partial charge on any atom is -0.488 e. The second kappa shape index (κ2) is 13.3. The molecule has 227 valence electrons. The summed E-state index contributed by atoms with van der Waals surface area (Å²) in [5, 5.41) is 4.23. The number of carbonyl (C=O) groups excluding carboxylic acids is 2. The molecule has 2 fully saturated rings. The zero-order valence-corrected chi connectivity index (χ0v) is 27.2. The third-order valence-electron chi connectivity index (χ3n) is 8.18. The molecular weight excluding hydrogens is 570 g/mol. The molecule has 1 aliphatic carbocycles. The predicted molar refractivity (Wildman–Crippen MR) is 166 cm³/mol. The van der Waals surface area contributed by atoms with Gasteiger partial charge in [-0.25, -0.2) is 9.59 Å². The number of likely N-dealkylation sites (tertiary alicyclic amines) is 1. The van der Waals surface area contributed by atoms with Crippen molar-refractivity contribution in [2.75, 3.05) is 33.1 Å². The monoisotopic (exact) mass is 612 g/mol. The average molecular weight is 613 g/mol. The van der Waals surface area contributed by atoms with Gasteiger partial charge in [0.1, 0.15) is 23.5 Å². The molecular formula is C32H43ClN3O5Si. The maximum atomic E-state index is 12.8. The SMILES string of the molecule is COC(=O)[C@@H]1C[C@H](Oc2cc(Cl)cc(NC3CCC(c4ccccc4)([C@@H]([Si])N(C)C)CC3)c2)CN1C(=O)OC(C)(C)C. The normalized spacial score (nSPS) is 25.2. The van der Waals surface area contributed by atoms with Crippen molar-refractivity contribution in [1.29, 1.82) is 0 Å². The van der Waals surface area contributed by atoms with E-state index in [9.17, 15) is 9.59 Å². The Balaban J connectivity index is 1.44. The van der Waals surface area contributed by atoms with Crippen LogP contribution in [-0.2, 0) is 19.7 Å². The molecule has 1 heterocycles. The zero-order valence-electron chi connectivity index (χ0n) is 25.5. The van der Waals surface area contributed by atoms with E-state index in [1.165, 1.54) is 17.6 Å². The van der Waals surface area contributed by atoms with Gasteiger partial charge in [0.15, 0.2) is 0 Å². The lowest BCUT2D eigenvalue weighted by Crippen LogP contribution is -2.51. The van der Waals surface area contributed by atoms with Crippen LogP contribution in [0.1, 0.15) is 58.4 Å². The number of hydrogen-bond acceptors (Lipinski definition) is 7. The van der Waals surface area contributed by atoms with Crippen molar-refractivity contribution in [2.45, 2.75) is 87.7 Å². The van der Waals surface area contributed by atoms with Crippen molar-refractivity contribution >= 4 is 39.6 Å². The number of nitrogens with one attached hydrogen (secondary N) is 1. The maximum absolute atomic E-state index is 12.8. The van der Waals surface area contributed by atoms with Gasteiger partial charge in [-0.15, -0.1) is 0 Å². The number of methoxy groups -OCH3 is 1. The Morgan fingerprint density at radius 1 is 1.12 bits per heavy atom. The van der Waals surface area contributed by atoms with Gasteiger partial charge in [-0.3, -0.25) is 4.90 Å². The summed E-state index contributed by atoms with van der Waals surface area (Å²) in [6, 6.07) is 15.9. The van der Waals surface area contributed by atoms with Gasteiger partial charge in [-0.2, -0.15) is 0 Å². The molecule has 10 heteroatoms. The fourth-order valence-corrected chi connectivity index (χ4v) is 6.85. The fourth-order valence-electron chi connectivity index (χ4n) is 6.17. The number of anilines is 1. The number of halogens is 1. The highest BCUT2D eigenvalue weighted by Crippen LogP contribution is 2.43. The summed E-state index contributed by atoms with van der Waals surface area (Å²) in [6.07, 6.45) is 3.37. The van der Waals surface area contributed by atoms with E-state index >= 15 is 0 Å². The first-order valence-corrected chi connectivity index (χ1v) is 15.5. The summed E-state index contributed by atoms with van der Waals surface area (Å²) < 4.78 is 16.8. The van der Waals surface area contributed by atoms with E-state index < -0.39 is 29.8 Å². The molecule has 4 rings (SSSR count). The van der Waals surface area contributed by atoms with Crippen LogP contribution in [0, 0.1) is 0 Å². The number of amides is 1. The third kappa shape index (κ3) is 7.60. The van der Waals surface area contributed by atoms with Crippen molar-refractivity contribution in [3.05, 3.63) is 59.1 Å². The first-order valence-electron chi connectivity index (χ1n) is 14.6. The van der Waals surface area contributed by atoms with Gasteiger partial charge < -0.3 is 24.4 Å². The topological polar surface area (TPSA) is 80.3 Å². The van der Waals surface area contributed by atoms with E-state index in [2.05, 4.69) is 64.9 Å². The number of nitrogens with zero attached hydrogens (tertiary/aromatic N) is 2. The van der Waals surface area contributed by atoms with E-state index in [1.807, 2.05) is 12.1 Å². The van der Waals surface area contributed by atoms with Crippen LogP contribution in [0.15, 0.2) is 48.5 Å². The van der Waals surface area contributed by atoms with Crippen LogP contribution in [0.25, 0.3) is 0 Å². The van der Waals surface area contributed by atoms with Crippen LogP contribution in [-0.4, -0.2) is 89.3 Å². The first kappa shape index (κ1) is 32.2. The molecule has 3 atom stereocenters. The lowest BCUT2D eigenvalue weighted by molar-refractivity contribution is -0.145.